The number of nitrogens with zero attached hydrogens (tertiary/aromatic N) is 3. The maximum Gasteiger partial charge on any atom is 0.230 e. The van der Waals surface area contributed by atoms with Gasteiger partial charge in [0.05, 0.1) is 5.69 Å². The van der Waals surface area contributed by atoms with Gasteiger partial charge in [-0.3, -0.25) is 0 Å². The van der Waals surface area contributed by atoms with Crippen LogP contribution in [0.1, 0.15) is 5.56 Å². The lowest BCUT2D eigenvalue weighted by Gasteiger charge is -2.02. The molecule has 0 fully saturated rings. The molecule has 0 aliphatic carbocycles. The van der Waals surface area contributed by atoms with E-state index in [1.807, 2.05) is 0 Å². The number of ether oxygens (including phenoxy) is 2. The molecule has 0 spiro atoms. The summed E-state index contributed by atoms with van der Waals surface area (Å²) in [6.07, 6.45) is 1.40. The Bertz CT molecular complexity index is 466. The van der Waals surface area contributed by atoms with E-state index >= 15 is 0 Å². The molecule has 0 saturated carbocycles. The summed E-state index contributed by atoms with van der Waals surface area (Å²) in [7, 11) is 0. The van der Waals surface area contributed by atoms with Crippen LogP contribution in [0.15, 0.2) is 29.6 Å². The Hall–Kier alpha value is -2.20. The van der Waals surface area contributed by atoms with E-state index in [4.69, 9.17) is 15.0 Å². The van der Waals surface area contributed by atoms with Crippen LogP contribution in [0.25, 0.3) is 16.2 Å². The van der Waals surface area contributed by atoms with Crippen LogP contribution in [-0.2, 0) is 9.47 Å². The van der Waals surface area contributed by atoms with Gasteiger partial charge in [-0.25, -0.2) is 4.39 Å². The molecular weight excluding hydrogens is 201 g/mol. The molecule has 1 aromatic carbocycles. The zero-order chi connectivity index (χ0) is 10.7. The van der Waals surface area contributed by atoms with Crippen LogP contribution in [0.3, 0.4) is 0 Å². The average molecular weight is 207 g/mol. The van der Waals surface area contributed by atoms with Crippen LogP contribution >= 0.6 is 0 Å². The molecule has 0 saturated heterocycles. The first-order valence-electron chi connectivity index (χ1n) is 4.11. The first-order valence-corrected chi connectivity index (χ1v) is 4.11. The monoisotopic (exact) mass is 207 g/mol. The van der Waals surface area contributed by atoms with Gasteiger partial charge in [-0.2, -0.15) is 0 Å². The lowest BCUT2D eigenvalue weighted by Crippen LogP contribution is -1.87. The van der Waals surface area contributed by atoms with Gasteiger partial charge in [-0.05, 0) is 17.7 Å². The topological polar surface area (TPSA) is 67.2 Å². The molecule has 1 aromatic rings. The van der Waals surface area contributed by atoms with Crippen molar-refractivity contribution >= 4 is 11.4 Å². The van der Waals surface area contributed by atoms with E-state index in [2.05, 4.69) is 10.0 Å². The minimum Gasteiger partial charge on any atom is -0.461 e. The van der Waals surface area contributed by atoms with Crippen LogP contribution in [0.4, 0.5) is 10.1 Å². The van der Waals surface area contributed by atoms with Crippen LogP contribution in [0.5, 0.6) is 0 Å². The standard InChI is InChI=1S/C9H6FN3O2/c10-7-3-6(9-4-14-5-15-9)1-2-8(7)12-13-11/h1-4H,5H2. The lowest BCUT2D eigenvalue weighted by atomic mass is 10.2. The molecule has 15 heavy (non-hydrogen) atoms. The summed E-state index contributed by atoms with van der Waals surface area (Å²) in [5.74, 6) is -0.136. The van der Waals surface area contributed by atoms with E-state index in [-0.39, 0.29) is 12.5 Å². The van der Waals surface area contributed by atoms with Gasteiger partial charge in [0, 0.05) is 10.5 Å². The highest BCUT2D eigenvalue weighted by atomic mass is 19.1. The summed E-state index contributed by atoms with van der Waals surface area (Å²) >= 11 is 0. The summed E-state index contributed by atoms with van der Waals surface area (Å²) in [4.78, 5) is 2.51. The van der Waals surface area contributed by atoms with E-state index in [0.717, 1.165) is 0 Å². The minimum absolute atomic E-state index is 0.0410. The van der Waals surface area contributed by atoms with E-state index in [1.165, 1.54) is 18.4 Å². The highest BCUT2D eigenvalue weighted by Crippen LogP contribution is 2.25. The molecule has 2 rings (SSSR count). The summed E-state index contributed by atoms with van der Waals surface area (Å²) in [6.45, 7) is 0.134. The van der Waals surface area contributed by atoms with Gasteiger partial charge >= 0.3 is 0 Å². The third kappa shape index (κ3) is 1.84. The van der Waals surface area contributed by atoms with Crippen LogP contribution in [0.2, 0.25) is 0 Å². The molecule has 0 unspecified atom stereocenters. The molecule has 6 heteroatoms. The van der Waals surface area contributed by atoms with Crippen molar-refractivity contribution in [1.82, 2.24) is 0 Å². The molecule has 1 aliphatic rings. The van der Waals surface area contributed by atoms with Crippen molar-refractivity contribution in [3.05, 3.63) is 46.3 Å². The number of halogens is 1. The molecule has 1 aliphatic heterocycles. The molecule has 5 nitrogen and oxygen atoms in total. The van der Waals surface area contributed by atoms with E-state index < -0.39 is 5.82 Å². The highest BCUT2D eigenvalue weighted by Gasteiger charge is 2.11. The zero-order valence-electron chi connectivity index (χ0n) is 7.55. The molecule has 0 bridgehead atoms. The molecule has 0 N–H and O–H groups in total. The average Bonchev–Trinajstić information content (AvgIpc) is 2.74. The predicted octanol–water partition coefficient (Wildman–Crippen LogP) is 3.07. The second-order valence-corrected chi connectivity index (χ2v) is 2.77. The summed E-state index contributed by atoms with van der Waals surface area (Å²) in [6, 6.07) is 4.20. The number of hydrogen-bond acceptors (Lipinski definition) is 3. The van der Waals surface area contributed by atoms with Gasteiger partial charge in [0.25, 0.3) is 0 Å². The first-order chi connectivity index (χ1) is 7.31. The SMILES string of the molecule is [N-]=[N+]=Nc1ccc(C2=COCO2)cc1F. The summed E-state index contributed by atoms with van der Waals surface area (Å²) in [5, 5.41) is 3.19. The lowest BCUT2D eigenvalue weighted by molar-refractivity contribution is 0.100. The second-order valence-electron chi connectivity index (χ2n) is 2.77. The van der Waals surface area contributed by atoms with Crippen LogP contribution in [0, 0.1) is 5.82 Å². The third-order valence-electron chi connectivity index (χ3n) is 1.86. The van der Waals surface area contributed by atoms with Crippen molar-refractivity contribution in [2.75, 3.05) is 6.79 Å². The molecule has 0 aromatic heterocycles. The molecule has 1 heterocycles. The Morgan fingerprint density at radius 2 is 2.33 bits per heavy atom. The van der Waals surface area contributed by atoms with Crippen molar-refractivity contribution in [1.29, 1.82) is 0 Å². The van der Waals surface area contributed by atoms with Gasteiger partial charge in [0.1, 0.15) is 12.1 Å². The number of benzene rings is 1. The molecule has 0 amide bonds. The normalized spacial score (nSPS) is 13.5. The maximum atomic E-state index is 13.3. The van der Waals surface area contributed by atoms with Gasteiger partial charge in [-0.15, -0.1) is 0 Å². The van der Waals surface area contributed by atoms with Gasteiger partial charge in [0.15, 0.2) is 5.76 Å². The second kappa shape index (κ2) is 3.89. The third-order valence-corrected chi connectivity index (χ3v) is 1.86. The van der Waals surface area contributed by atoms with Crippen molar-refractivity contribution in [3.8, 4) is 0 Å². The smallest absolute Gasteiger partial charge is 0.230 e. The molecule has 76 valence electrons. The zero-order valence-corrected chi connectivity index (χ0v) is 7.55. The Kier molecular flexibility index (Phi) is 2.43. The van der Waals surface area contributed by atoms with Gasteiger partial charge < -0.3 is 9.47 Å². The fourth-order valence-corrected chi connectivity index (χ4v) is 1.18. The fourth-order valence-electron chi connectivity index (χ4n) is 1.18. The highest BCUT2D eigenvalue weighted by molar-refractivity contribution is 5.61. The van der Waals surface area contributed by atoms with Crippen LogP contribution < -0.4 is 0 Å². The fraction of sp³-hybridized carbons (Fsp3) is 0.111. The van der Waals surface area contributed by atoms with Gasteiger partial charge in [0.2, 0.25) is 6.79 Å². The molecule has 0 radical (unpaired) electrons. The van der Waals surface area contributed by atoms with E-state index in [9.17, 15) is 4.39 Å². The molecule has 0 atom stereocenters. The van der Waals surface area contributed by atoms with Crippen molar-refractivity contribution < 1.29 is 13.9 Å². The molecular formula is C9H6FN3O2. The van der Waals surface area contributed by atoms with Crippen molar-refractivity contribution in [2.24, 2.45) is 5.11 Å². The quantitative estimate of drug-likeness (QED) is 0.424. The van der Waals surface area contributed by atoms with E-state index in [0.29, 0.717) is 11.3 Å². The largest absolute Gasteiger partial charge is 0.461 e. The van der Waals surface area contributed by atoms with E-state index in [1.54, 1.807) is 6.07 Å². The first kappa shape index (κ1) is 9.36. The minimum atomic E-state index is -0.596. The summed E-state index contributed by atoms with van der Waals surface area (Å²) < 4.78 is 23.2. The van der Waals surface area contributed by atoms with Crippen LogP contribution in [-0.4, -0.2) is 6.79 Å². The number of hydrogen-bond donors (Lipinski definition) is 0. The Labute approximate surface area is 84.4 Å². The summed E-state index contributed by atoms with van der Waals surface area (Å²) in [5.41, 5.74) is 8.66. The van der Waals surface area contributed by atoms with Crippen molar-refractivity contribution in [3.63, 3.8) is 0 Å². The van der Waals surface area contributed by atoms with Gasteiger partial charge in [-0.1, -0.05) is 11.2 Å². The predicted molar refractivity (Wildman–Crippen MR) is 50.2 cm³/mol. The van der Waals surface area contributed by atoms with Crippen molar-refractivity contribution in [2.45, 2.75) is 0 Å². The number of azide groups is 1. The Morgan fingerprint density at radius 1 is 1.47 bits per heavy atom. The Morgan fingerprint density at radius 3 is 2.93 bits per heavy atom. The Balaban J connectivity index is 2.36. The maximum absolute atomic E-state index is 13.3. The number of rotatable bonds is 2.